The number of benzene rings is 1. The van der Waals surface area contributed by atoms with Crippen molar-refractivity contribution >= 4 is 30.3 Å². The molecule has 0 saturated carbocycles. The maximum atomic E-state index is 13.5. The standard InChI is InChI=1S/C23H24BNO5S/c1-2-13-10-18-20(23(28)25(22(18)27)12-16-4-3-9-31-16)17-11-19(30-24(29)21(13)17)14-5-7-15(26)8-6-14/h3-9,17-20,26,29H,2,10-12H2,1H3/t17-,18-,19-,20+/m0/s1. The number of imide groups is 1. The molecule has 0 spiro atoms. The van der Waals surface area contributed by atoms with Crippen molar-refractivity contribution in [2.45, 2.75) is 38.8 Å². The van der Waals surface area contributed by atoms with Crippen molar-refractivity contribution in [2.24, 2.45) is 17.8 Å². The van der Waals surface area contributed by atoms with Gasteiger partial charge in [-0.25, -0.2) is 0 Å². The molecule has 0 bridgehead atoms. The van der Waals surface area contributed by atoms with Crippen molar-refractivity contribution in [1.82, 2.24) is 4.90 Å². The lowest BCUT2D eigenvalue weighted by Gasteiger charge is -2.42. The summed E-state index contributed by atoms with van der Waals surface area (Å²) < 4.78 is 5.94. The predicted octanol–water partition coefficient (Wildman–Crippen LogP) is 3.46. The van der Waals surface area contributed by atoms with Gasteiger partial charge in [0.2, 0.25) is 11.8 Å². The molecular weight excluding hydrogens is 413 g/mol. The number of aromatic hydroxyl groups is 1. The number of likely N-dealkylation sites (tertiary alicyclic amines) is 1. The SMILES string of the molecule is CCC1=C2B(O)O[C@H](c3ccc(O)cc3)C[C@H]2[C@H]2C(=O)N(Cc3cccs3)C(=O)[C@H]2C1. The molecule has 2 saturated heterocycles. The fourth-order valence-electron chi connectivity index (χ4n) is 5.43. The smallest absolute Gasteiger partial charge is 0.487 e. The Morgan fingerprint density at radius 1 is 1.16 bits per heavy atom. The van der Waals surface area contributed by atoms with Gasteiger partial charge >= 0.3 is 7.12 Å². The van der Waals surface area contributed by atoms with Gasteiger partial charge < -0.3 is 14.8 Å². The highest BCUT2D eigenvalue weighted by Gasteiger charge is 2.57. The van der Waals surface area contributed by atoms with E-state index in [1.165, 1.54) is 16.2 Å². The quantitative estimate of drug-likeness (QED) is 0.565. The summed E-state index contributed by atoms with van der Waals surface area (Å²) in [6.07, 6.45) is 1.33. The van der Waals surface area contributed by atoms with E-state index < -0.39 is 19.1 Å². The monoisotopic (exact) mass is 437 g/mol. The summed E-state index contributed by atoms with van der Waals surface area (Å²) in [5.41, 5.74) is 2.66. The molecule has 2 fully saturated rings. The minimum atomic E-state index is -1.09. The van der Waals surface area contributed by atoms with Crippen LogP contribution in [0.4, 0.5) is 0 Å². The first kappa shape index (κ1) is 20.5. The number of hydrogen-bond donors (Lipinski definition) is 2. The van der Waals surface area contributed by atoms with Crippen LogP contribution in [0.5, 0.6) is 5.75 Å². The highest BCUT2D eigenvalue weighted by Crippen LogP contribution is 2.52. The predicted molar refractivity (Wildman–Crippen MR) is 117 cm³/mol. The molecule has 4 atom stereocenters. The van der Waals surface area contributed by atoms with E-state index in [4.69, 9.17) is 4.65 Å². The highest BCUT2D eigenvalue weighted by atomic mass is 32.1. The number of phenolic OH excluding ortho intramolecular Hbond substituents is 1. The first-order valence-electron chi connectivity index (χ1n) is 10.7. The van der Waals surface area contributed by atoms with E-state index in [2.05, 4.69) is 0 Å². The fraction of sp³-hybridized carbons (Fsp3) is 0.391. The number of carbonyl (C=O) groups excluding carboxylic acids is 2. The van der Waals surface area contributed by atoms with Gasteiger partial charge in [-0.15, -0.1) is 11.3 Å². The lowest BCUT2D eigenvalue weighted by molar-refractivity contribution is -0.140. The third-order valence-corrected chi connectivity index (χ3v) is 7.75. The van der Waals surface area contributed by atoms with Gasteiger partial charge in [-0.05, 0) is 59.8 Å². The molecule has 160 valence electrons. The molecular formula is C23H24BNO5S. The maximum Gasteiger partial charge on any atom is 0.487 e. The number of nitrogens with zero attached hydrogens (tertiary/aromatic N) is 1. The fourth-order valence-corrected chi connectivity index (χ4v) is 6.13. The van der Waals surface area contributed by atoms with Gasteiger partial charge in [-0.3, -0.25) is 14.5 Å². The van der Waals surface area contributed by atoms with Crippen molar-refractivity contribution in [2.75, 3.05) is 0 Å². The van der Waals surface area contributed by atoms with Crippen LogP contribution in [0.1, 0.15) is 42.7 Å². The number of hydrogen-bond acceptors (Lipinski definition) is 6. The molecule has 1 aromatic heterocycles. The largest absolute Gasteiger partial charge is 0.508 e. The third-order valence-electron chi connectivity index (χ3n) is 6.89. The van der Waals surface area contributed by atoms with Gasteiger partial charge in [-0.2, -0.15) is 0 Å². The van der Waals surface area contributed by atoms with Gasteiger partial charge in [0, 0.05) is 4.88 Å². The Morgan fingerprint density at radius 3 is 2.61 bits per heavy atom. The summed E-state index contributed by atoms with van der Waals surface area (Å²) in [6, 6.07) is 10.6. The minimum absolute atomic E-state index is 0.101. The summed E-state index contributed by atoms with van der Waals surface area (Å²) in [4.78, 5) is 29.1. The molecule has 5 rings (SSSR count). The van der Waals surface area contributed by atoms with Crippen LogP contribution in [0.2, 0.25) is 0 Å². The summed E-state index contributed by atoms with van der Waals surface area (Å²) in [5, 5.41) is 22.4. The molecule has 2 aromatic rings. The summed E-state index contributed by atoms with van der Waals surface area (Å²) in [7, 11) is -1.09. The molecule has 1 aliphatic carbocycles. The normalized spacial score (nSPS) is 28.2. The molecule has 0 unspecified atom stereocenters. The number of thiophene rings is 1. The van der Waals surface area contributed by atoms with Gasteiger partial charge in [0.15, 0.2) is 0 Å². The molecule has 2 amide bonds. The number of fused-ring (bicyclic) bond motifs is 3. The first-order valence-corrected chi connectivity index (χ1v) is 11.6. The van der Waals surface area contributed by atoms with E-state index in [-0.39, 0.29) is 29.4 Å². The molecule has 2 aliphatic heterocycles. The average molecular weight is 437 g/mol. The molecule has 0 radical (unpaired) electrons. The first-order chi connectivity index (χ1) is 15.0. The Balaban J connectivity index is 1.49. The average Bonchev–Trinajstić information content (AvgIpc) is 3.36. The second-order valence-corrected chi connectivity index (χ2v) is 9.53. The lowest BCUT2D eigenvalue weighted by Crippen LogP contribution is -2.44. The molecule has 8 heteroatoms. The van der Waals surface area contributed by atoms with E-state index in [1.807, 2.05) is 24.4 Å². The van der Waals surface area contributed by atoms with Crippen molar-refractivity contribution in [3.63, 3.8) is 0 Å². The van der Waals surface area contributed by atoms with Crippen molar-refractivity contribution in [1.29, 1.82) is 0 Å². The zero-order chi connectivity index (χ0) is 21.7. The van der Waals surface area contributed by atoms with Crippen molar-refractivity contribution in [3.05, 3.63) is 63.3 Å². The molecule has 2 N–H and O–H groups in total. The van der Waals surface area contributed by atoms with Crippen LogP contribution in [-0.2, 0) is 20.8 Å². The minimum Gasteiger partial charge on any atom is -0.508 e. The number of amides is 2. The summed E-state index contributed by atoms with van der Waals surface area (Å²) in [5.74, 6) is -1.15. The van der Waals surface area contributed by atoms with E-state index in [0.29, 0.717) is 25.8 Å². The van der Waals surface area contributed by atoms with Crippen LogP contribution < -0.4 is 0 Å². The second-order valence-electron chi connectivity index (χ2n) is 8.50. The number of phenols is 1. The van der Waals surface area contributed by atoms with Gasteiger partial charge in [0.25, 0.3) is 0 Å². The maximum absolute atomic E-state index is 13.5. The molecule has 1 aromatic carbocycles. The highest BCUT2D eigenvalue weighted by molar-refractivity contribution is 7.09. The van der Waals surface area contributed by atoms with Gasteiger partial charge in [0.1, 0.15) is 5.75 Å². The van der Waals surface area contributed by atoms with Gasteiger partial charge in [0.05, 0.1) is 24.5 Å². The number of rotatable bonds is 4. The van der Waals surface area contributed by atoms with Crippen LogP contribution in [0, 0.1) is 17.8 Å². The Kier molecular flexibility index (Phi) is 5.24. The van der Waals surface area contributed by atoms with E-state index in [1.54, 1.807) is 24.3 Å². The Labute approximate surface area is 185 Å². The van der Waals surface area contributed by atoms with E-state index >= 15 is 0 Å². The number of carbonyl (C=O) groups is 2. The van der Waals surface area contributed by atoms with Crippen molar-refractivity contribution < 1.29 is 24.4 Å². The van der Waals surface area contributed by atoms with Crippen molar-refractivity contribution in [3.8, 4) is 5.75 Å². The topological polar surface area (TPSA) is 87.1 Å². The molecule has 6 nitrogen and oxygen atoms in total. The van der Waals surface area contributed by atoms with Crippen LogP contribution >= 0.6 is 11.3 Å². The summed E-state index contributed by atoms with van der Waals surface area (Å²) in [6.45, 7) is 2.33. The van der Waals surface area contributed by atoms with Crippen LogP contribution in [-0.4, -0.2) is 34.0 Å². The Hall–Kier alpha value is -2.42. The van der Waals surface area contributed by atoms with Crippen LogP contribution in [0.3, 0.4) is 0 Å². The van der Waals surface area contributed by atoms with Gasteiger partial charge in [-0.1, -0.05) is 30.7 Å². The lowest BCUT2D eigenvalue weighted by atomic mass is 9.55. The number of allylic oxidation sites excluding steroid dienone is 2. The second kappa shape index (κ2) is 7.93. The third kappa shape index (κ3) is 3.43. The summed E-state index contributed by atoms with van der Waals surface area (Å²) >= 11 is 1.54. The van der Waals surface area contributed by atoms with E-state index in [0.717, 1.165) is 21.5 Å². The molecule has 31 heavy (non-hydrogen) atoms. The van der Waals surface area contributed by atoms with Crippen LogP contribution in [0.15, 0.2) is 52.8 Å². The molecule has 3 heterocycles. The van der Waals surface area contributed by atoms with Crippen LogP contribution in [0.25, 0.3) is 0 Å². The molecule has 3 aliphatic rings. The zero-order valence-electron chi connectivity index (χ0n) is 17.2. The zero-order valence-corrected chi connectivity index (χ0v) is 18.0. The van der Waals surface area contributed by atoms with E-state index in [9.17, 15) is 19.7 Å². The Bertz CT molecular complexity index is 1030. The Morgan fingerprint density at radius 2 is 1.94 bits per heavy atom.